The molecule has 5 heteroatoms. The Morgan fingerprint density at radius 2 is 2.00 bits per heavy atom. The molecule has 3 nitrogen and oxygen atoms in total. The van der Waals surface area contributed by atoms with Gasteiger partial charge in [0.05, 0.1) is 16.7 Å². The van der Waals surface area contributed by atoms with E-state index in [0.29, 0.717) is 0 Å². The van der Waals surface area contributed by atoms with Crippen molar-refractivity contribution in [2.24, 2.45) is 4.99 Å². The third-order valence-corrected chi connectivity index (χ3v) is 2.26. The zero-order valence-electron chi connectivity index (χ0n) is 7.01. The van der Waals surface area contributed by atoms with Crippen LogP contribution in [0.4, 0.5) is 5.69 Å². The topological polar surface area (TPSA) is 38.1 Å². The molecule has 1 aromatic heterocycles. The van der Waals surface area contributed by atoms with E-state index in [2.05, 4.69) is 34.9 Å². The summed E-state index contributed by atoms with van der Waals surface area (Å²) in [6.45, 7) is 0. The van der Waals surface area contributed by atoms with Crippen LogP contribution in [0.15, 0.2) is 35.6 Å². The number of fused-ring (bicyclic) bond motifs is 1. The number of aliphatic imine (C=N–C) groups is 1. The van der Waals surface area contributed by atoms with Gasteiger partial charge in [0, 0.05) is 12.4 Å². The SMILES string of the molecule is Br[S+]=C=Nc1ccc2nccnc2c1. The fraction of sp³-hybridized carbons (Fsp3) is 0. The molecule has 14 heavy (non-hydrogen) atoms. The van der Waals surface area contributed by atoms with E-state index < -0.39 is 0 Å². The van der Waals surface area contributed by atoms with Gasteiger partial charge in [0.25, 0.3) is 0 Å². The fourth-order valence-electron chi connectivity index (χ4n) is 1.09. The maximum absolute atomic E-state index is 4.18. The standard InChI is InChI=1S/C9H5BrN3S/c10-14-6-13-7-1-2-8-9(5-7)12-4-3-11-8/h1-5H/q+1. The number of aromatic nitrogens is 2. The molecule has 0 bridgehead atoms. The van der Waals surface area contributed by atoms with E-state index in [0.717, 1.165) is 16.7 Å². The van der Waals surface area contributed by atoms with Crippen LogP contribution in [0, 0.1) is 0 Å². The van der Waals surface area contributed by atoms with Crippen molar-refractivity contribution in [3.05, 3.63) is 30.6 Å². The van der Waals surface area contributed by atoms with E-state index in [-0.39, 0.29) is 0 Å². The maximum Gasteiger partial charge on any atom is 0.348 e. The molecule has 0 saturated carbocycles. The van der Waals surface area contributed by atoms with Crippen LogP contribution in [-0.4, -0.2) is 15.1 Å². The third-order valence-electron chi connectivity index (χ3n) is 1.66. The quantitative estimate of drug-likeness (QED) is 0.452. The predicted octanol–water partition coefficient (Wildman–Crippen LogP) is 2.56. The summed E-state index contributed by atoms with van der Waals surface area (Å²) in [5.74, 6) is 0. The molecule has 2 rings (SSSR count). The second-order valence-corrected chi connectivity index (χ2v) is 3.82. The fourth-order valence-corrected chi connectivity index (χ4v) is 1.45. The summed E-state index contributed by atoms with van der Waals surface area (Å²) in [6, 6.07) is 5.65. The highest BCUT2D eigenvalue weighted by atomic mass is 79.9. The van der Waals surface area contributed by atoms with Gasteiger partial charge >= 0.3 is 29.8 Å². The molecule has 0 fully saturated rings. The molecule has 0 spiro atoms. The molecule has 0 aliphatic rings. The number of nitrogens with zero attached hydrogens (tertiary/aromatic N) is 3. The van der Waals surface area contributed by atoms with Gasteiger partial charge in [-0.1, -0.05) is 0 Å². The van der Waals surface area contributed by atoms with E-state index in [1.807, 2.05) is 18.2 Å². The lowest BCUT2D eigenvalue weighted by molar-refractivity contribution is 1.29. The van der Waals surface area contributed by atoms with Crippen molar-refractivity contribution in [2.45, 2.75) is 0 Å². The summed E-state index contributed by atoms with van der Waals surface area (Å²) in [6.07, 6.45) is 3.34. The molecule has 0 aliphatic heterocycles. The van der Waals surface area contributed by atoms with E-state index >= 15 is 0 Å². The third kappa shape index (κ3) is 2.01. The van der Waals surface area contributed by atoms with Gasteiger partial charge in [-0.15, -0.1) is 0 Å². The summed E-state index contributed by atoms with van der Waals surface area (Å²) < 4.78 is 0. The minimum Gasteiger partial charge on any atom is -0.253 e. The Bertz CT molecular complexity index is 520. The van der Waals surface area contributed by atoms with Crippen molar-refractivity contribution >= 4 is 46.5 Å². The Balaban J connectivity index is 2.56. The normalized spacial score (nSPS) is 9.50. The average molecular weight is 267 g/mol. The summed E-state index contributed by atoms with van der Waals surface area (Å²) in [7, 11) is 1.26. The van der Waals surface area contributed by atoms with Crippen LogP contribution in [-0.2, 0) is 9.78 Å². The molecule has 0 aliphatic carbocycles. The van der Waals surface area contributed by atoms with Crippen molar-refractivity contribution < 1.29 is 0 Å². The van der Waals surface area contributed by atoms with Crippen molar-refractivity contribution in [2.75, 3.05) is 0 Å². The number of rotatable bonds is 1. The van der Waals surface area contributed by atoms with Crippen LogP contribution < -0.4 is 0 Å². The molecule has 1 aromatic carbocycles. The van der Waals surface area contributed by atoms with Crippen molar-refractivity contribution in [1.82, 2.24) is 9.97 Å². The lowest BCUT2D eigenvalue weighted by Gasteiger charge is -1.94. The Morgan fingerprint density at radius 1 is 1.21 bits per heavy atom. The monoisotopic (exact) mass is 266 g/mol. The number of hydrogen-bond donors (Lipinski definition) is 0. The van der Waals surface area contributed by atoms with Gasteiger partial charge in [0.15, 0.2) is 0 Å². The first-order valence-corrected chi connectivity index (χ1v) is 6.50. The minimum absolute atomic E-state index is 0.824. The summed E-state index contributed by atoms with van der Waals surface area (Å²) in [5, 5.41) is 2.74. The molecule has 0 amide bonds. The molecular weight excluding hydrogens is 262 g/mol. The number of benzene rings is 1. The van der Waals surface area contributed by atoms with E-state index in [1.54, 1.807) is 12.4 Å². The average Bonchev–Trinajstić information content (AvgIpc) is 2.26. The second kappa shape index (κ2) is 4.37. The first kappa shape index (κ1) is 9.40. The van der Waals surface area contributed by atoms with Gasteiger partial charge in [0.2, 0.25) is 0 Å². The zero-order valence-corrected chi connectivity index (χ0v) is 9.42. The number of isothiocyanates is 1. The molecule has 0 N–H and O–H groups in total. The molecule has 68 valence electrons. The van der Waals surface area contributed by atoms with Crippen LogP contribution in [0.25, 0.3) is 11.0 Å². The number of halogens is 1. The van der Waals surface area contributed by atoms with E-state index in [9.17, 15) is 0 Å². The van der Waals surface area contributed by atoms with Gasteiger partial charge in [-0.05, 0) is 18.2 Å². The molecule has 0 unspecified atom stereocenters. The van der Waals surface area contributed by atoms with E-state index in [1.165, 1.54) is 9.78 Å². The summed E-state index contributed by atoms with van der Waals surface area (Å²) in [5.41, 5.74) is 2.54. The molecule has 1 heterocycles. The van der Waals surface area contributed by atoms with Gasteiger partial charge in [0.1, 0.15) is 0 Å². The second-order valence-electron chi connectivity index (χ2n) is 2.51. The first-order chi connectivity index (χ1) is 6.90. The van der Waals surface area contributed by atoms with Crippen LogP contribution in [0.5, 0.6) is 0 Å². The summed E-state index contributed by atoms with van der Waals surface area (Å²) >= 11 is 3.14. The molecular formula is C9H5BrN3S+. The molecule has 0 radical (unpaired) electrons. The van der Waals surface area contributed by atoms with Crippen LogP contribution in [0.1, 0.15) is 0 Å². The van der Waals surface area contributed by atoms with Crippen LogP contribution in [0.3, 0.4) is 0 Å². The van der Waals surface area contributed by atoms with Gasteiger partial charge < -0.3 is 0 Å². The van der Waals surface area contributed by atoms with Crippen molar-refractivity contribution in [3.63, 3.8) is 0 Å². The highest BCUT2D eigenvalue weighted by molar-refractivity contribution is 9.44. The highest BCUT2D eigenvalue weighted by Crippen LogP contribution is 2.16. The molecule has 0 atom stereocenters. The smallest absolute Gasteiger partial charge is 0.253 e. The van der Waals surface area contributed by atoms with Crippen molar-refractivity contribution in [1.29, 1.82) is 0 Å². The maximum atomic E-state index is 4.18. The van der Waals surface area contributed by atoms with Gasteiger partial charge in [-0.2, -0.15) is 4.99 Å². The lowest BCUT2D eigenvalue weighted by atomic mass is 10.3. The Labute approximate surface area is 92.1 Å². The van der Waals surface area contributed by atoms with Gasteiger partial charge in [-0.3, -0.25) is 9.97 Å². The number of hydrogen-bond acceptors (Lipinski definition) is 3. The Kier molecular flexibility index (Phi) is 2.93. The predicted molar refractivity (Wildman–Crippen MR) is 62.9 cm³/mol. The van der Waals surface area contributed by atoms with Crippen LogP contribution in [0.2, 0.25) is 0 Å². The van der Waals surface area contributed by atoms with Crippen molar-refractivity contribution in [3.8, 4) is 0 Å². The zero-order chi connectivity index (χ0) is 9.80. The highest BCUT2D eigenvalue weighted by Gasteiger charge is 1.96. The largest absolute Gasteiger partial charge is 0.348 e. The molecule has 2 aromatic rings. The Hall–Kier alpha value is -1.16. The minimum atomic E-state index is 0.824. The Morgan fingerprint density at radius 3 is 2.79 bits per heavy atom. The first-order valence-electron chi connectivity index (χ1n) is 3.84. The lowest BCUT2D eigenvalue weighted by Crippen LogP contribution is -1.80. The molecule has 0 saturated heterocycles. The van der Waals surface area contributed by atoms with Crippen LogP contribution >= 0.6 is 14.8 Å². The van der Waals surface area contributed by atoms with Gasteiger partial charge in [-0.25, -0.2) is 0 Å². The van der Waals surface area contributed by atoms with E-state index in [4.69, 9.17) is 0 Å². The summed E-state index contributed by atoms with van der Waals surface area (Å²) in [4.78, 5) is 12.4.